The second-order valence-corrected chi connectivity index (χ2v) is 17.6. The van der Waals surface area contributed by atoms with Crippen molar-refractivity contribution in [3.8, 4) is 11.5 Å². The van der Waals surface area contributed by atoms with Gasteiger partial charge >= 0.3 is 5.69 Å². The number of ether oxygens (including phenoxy) is 4. The summed E-state index contributed by atoms with van der Waals surface area (Å²) in [5.41, 5.74) is 0.152. The SMILES string of the molecule is COc1ccc(C(OC[C@H]2O[C@H](n3c(=O)cc[nH]c3=O)C[C@@H]2O[P@]2O[C@H](CS(=O)(=O)c3ccccc3)[C@@H]3CCCN32)(c2ccccc2)c2ccc(OC)cc2)cc1. The molecule has 15 heteroatoms. The number of nitrogens with one attached hydrogen (secondary N) is 1. The first-order chi connectivity index (χ1) is 27.7. The molecule has 4 heterocycles. The zero-order chi connectivity index (χ0) is 39.6. The maximum absolute atomic E-state index is 13.5. The van der Waals surface area contributed by atoms with E-state index in [9.17, 15) is 18.0 Å². The Balaban J connectivity index is 1.14. The fourth-order valence-electron chi connectivity index (χ4n) is 8.00. The standard InChI is InChI=1S/C42H44N3O10PS/c1-50-32-19-15-30(16-20-32)42(29-10-5-3-6-11-29,31-17-21-33(51-2)22-18-31)52-27-37-36(26-40(53-37)45-39(46)23-24-43-41(45)47)54-56-44-25-9-14-35(44)38(55-56)28-57(48,49)34-12-7-4-8-13-34/h3-8,10-13,15-24,35-38,40H,9,14,25-28H2,1-2H3,(H,43,47)/t35-,36-,37+,38+,40-,56+/m0/s1. The zero-order valence-electron chi connectivity index (χ0n) is 31.5. The molecule has 0 amide bonds. The molecule has 4 aromatic carbocycles. The summed E-state index contributed by atoms with van der Waals surface area (Å²) in [6.45, 7) is 0.645. The largest absolute Gasteiger partial charge is 0.497 e. The molecule has 298 valence electrons. The molecule has 3 fully saturated rings. The van der Waals surface area contributed by atoms with Crippen LogP contribution in [0, 0.1) is 0 Å². The number of nitrogens with zero attached hydrogens (tertiary/aromatic N) is 2. The first-order valence-corrected chi connectivity index (χ1v) is 21.6. The van der Waals surface area contributed by atoms with Crippen LogP contribution in [0.15, 0.2) is 136 Å². The Morgan fingerprint density at radius 1 is 0.807 bits per heavy atom. The fourth-order valence-corrected chi connectivity index (χ4v) is 11.6. The van der Waals surface area contributed by atoms with Gasteiger partial charge in [0.1, 0.15) is 29.4 Å². The van der Waals surface area contributed by atoms with Crippen molar-refractivity contribution >= 4 is 18.4 Å². The smallest absolute Gasteiger partial charge is 0.330 e. The van der Waals surface area contributed by atoms with Gasteiger partial charge in [-0.15, -0.1) is 0 Å². The van der Waals surface area contributed by atoms with Crippen molar-refractivity contribution in [1.29, 1.82) is 0 Å². The summed E-state index contributed by atoms with van der Waals surface area (Å²) in [6.07, 6.45) is -0.00704. The van der Waals surface area contributed by atoms with Gasteiger partial charge in [-0.2, -0.15) is 0 Å². The first kappa shape index (κ1) is 39.2. The number of benzene rings is 4. The maximum atomic E-state index is 13.5. The Morgan fingerprint density at radius 3 is 2.04 bits per heavy atom. The molecule has 0 spiro atoms. The molecule has 3 saturated heterocycles. The highest BCUT2D eigenvalue weighted by Crippen LogP contribution is 2.58. The van der Waals surface area contributed by atoms with Gasteiger partial charge in [0.05, 0.1) is 43.7 Å². The molecular formula is C42H44N3O10PS. The Bertz CT molecular complexity index is 2290. The molecule has 8 rings (SSSR count). The molecule has 0 saturated carbocycles. The lowest BCUT2D eigenvalue weighted by Crippen LogP contribution is -2.39. The van der Waals surface area contributed by atoms with Gasteiger partial charge in [-0.1, -0.05) is 72.8 Å². The van der Waals surface area contributed by atoms with Crippen LogP contribution in [0.25, 0.3) is 0 Å². The lowest BCUT2D eigenvalue weighted by Gasteiger charge is -2.37. The summed E-state index contributed by atoms with van der Waals surface area (Å²) in [5.74, 6) is 1.17. The summed E-state index contributed by atoms with van der Waals surface area (Å²) < 4.78 is 68.3. The van der Waals surface area contributed by atoms with Crippen LogP contribution in [0.5, 0.6) is 11.5 Å². The van der Waals surface area contributed by atoms with E-state index < -0.39 is 59.8 Å². The summed E-state index contributed by atoms with van der Waals surface area (Å²) >= 11 is 0. The quantitative estimate of drug-likeness (QED) is 0.107. The van der Waals surface area contributed by atoms with E-state index >= 15 is 0 Å². The lowest BCUT2D eigenvalue weighted by atomic mass is 9.80. The zero-order valence-corrected chi connectivity index (χ0v) is 33.2. The highest BCUT2D eigenvalue weighted by atomic mass is 32.2. The molecule has 57 heavy (non-hydrogen) atoms. The number of hydrogen-bond donors (Lipinski definition) is 1. The van der Waals surface area contributed by atoms with Crippen LogP contribution < -0.4 is 20.7 Å². The van der Waals surface area contributed by atoms with Crippen LogP contribution in [0.2, 0.25) is 0 Å². The van der Waals surface area contributed by atoms with Gasteiger partial charge in [-0.25, -0.2) is 22.4 Å². The number of fused-ring (bicyclic) bond motifs is 1. The normalized spacial score (nSPS) is 23.7. The van der Waals surface area contributed by atoms with Crippen LogP contribution in [0.4, 0.5) is 0 Å². The van der Waals surface area contributed by atoms with Crippen molar-refractivity contribution in [2.75, 3.05) is 33.1 Å². The summed E-state index contributed by atoms with van der Waals surface area (Å²) in [7, 11) is -2.16. The minimum atomic E-state index is -3.64. The van der Waals surface area contributed by atoms with Gasteiger partial charge < -0.3 is 33.0 Å². The summed E-state index contributed by atoms with van der Waals surface area (Å²) in [6, 6.07) is 34.7. The van der Waals surface area contributed by atoms with Crippen LogP contribution >= 0.6 is 8.53 Å². The molecule has 3 aliphatic heterocycles. The van der Waals surface area contributed by atoms with Gasteiger partial charge in [-0.3, -0.25) is 4.79 Å². The third-order valence-corrected chi connectivity index (χ3v) is 14.4. The molecule has 0 unspecified atom stereocenters. The third-order valence-electron chi connectivity index (χ3n) is 10.8. The van der Waals surface area contributed by atoms with Gasteiger partial charge in [0.15, 0.2) is 9.84 Å². The Morgan fingerprint density at radius 2 is 1.42 bits per heavy atom. The topological polar surface area (TPSA) is 148 Å². The van der Waals surface area contributed by atoms with E-state index in [-0.39, 0.29) is 29.7 Å². The number of methoxy groups -OCH3 is 2. The number of aromatic nitrogens is 2. The monoisotopic (exact) mass is 813 g/mol. The van der Waals surface area contributed by atoms with E-state index in [0.29, 0.717) is 18.0 Å². The molecule has 1 aromatic heterocycles. The predicted octanol–water partition coefficient (Wildman–Crippen LogP) is 5.80. The van der Waals surface area contributed by atoms with E-state index in [0.717, 1.165) is 34.1 Å². The van der Waals surface area contributed by atoms with Crippen molar-refractivity contribution in [2.24, 2.45) is 0 Å². The van der Waals surface area contributed by atoms with Crippen molar-refractivity contribution in [2.45, 2.75) is 60.3 Å². The molecule has 13 nitrogen and oxygen atoms in total. The van der Waals surface area contributed by atoms with Crippen LogP contribution in [0.3, 0.4) is 0 Å². The van der Waals surface area contributed by atoms with Gasteiger partial charge in [-0.05, 0) is 65.9 Å². The average Bonchev–Trinajstić information content (AvgIpc) is 3.96. The minimum absolute atomic E-state index is 0.0357. The van der Waals surface area contributed by atoms with Crippen LogP contribution in [-0.4, -0.2) is 80.1 Å². The van der Waals surface area contributed by atoms with E-state index in [4.69, 9.17) is 28.0 Å². The molecule has 0 bridgehead atoms. The Kier molecular flexibility index (Phi) is 11.5. The minimum Gasteiger partial charge on any atom is -0.497 e. The van der Waals surface area contributed by atoms with Gasteiger partial charge in [0, 0.05) is 31.3 Å². The lowest BCUT2D eigenvalue weighted by molar-refractivity contribution is -0.0925. The number of rotatable bonds is 14. The highest BCUT2D eigenvalue weighted by molar-refractivity contribution is 7.91. The molecule has 0 aliphatic carbocycles. The van der Waals surface area contributed by atoms with Crippen molar-refractivity contribution < 1.29 is 36.4 Å². The second-order valence-electron chi connectivity index (χ2n) is 14.2. The van der Waals surface area contributed by atoms with Crippen LogP contribution in [0.1, 0.15) is 42.2 Å². The van der Waals surface area contributed by atoms with E-state index in [1.807, 2.05) is 78.9 Å². The molecular weight excluding hydrogens is 770 g/mol. The van der Waals surface area contributed by atoms with Crippen molar-refractivity contribution in [1.82, 2.24) is 14.2 Å². The van der Waals surface area contributed by atoms with Crippen molar-refractivity contribution in [3.63, 3.8) is 0 Å². The Hall–Kier alpha value is -4.66. The van der Waals surface area contributed by atoms with Crippen molar-refractivity contribution in [3.05, 3.63) is 159 Å². The number of hydrogen-bond acceptors (Lipinski definition) is 11. The van der Waals surface area contributed by atoms with E-state index in [1.54, 1.807) is 44.6 Å². The van der Waals surface area contributed by atoms with E-state index in [1.165, 1.54) is 12.3 Å². The molecule has 3 aliphatic rings. The number of sulfone groups is 1. The fraction of sp³-hybridized carbons (Fsp3) is 0.333. The van der Waals surface area contributed by atoms with Gasteiger partial charge in [0.2, 0.25) is 0 Å². The number of H-pyrrole nitrogens is 1. The summed E-state index contributed by atoms with van der Waals surface area (Å²) in [5, 5.41) is 0. The van der Waals surface area contributed by atoms with Gasteiger partial charge in [0.25, 0.3) is 14.1 Å². The Labute approximate surface area is 332 Å². The molecule has 0 radical (unpaired) electrons. The number of aromatic amines is 1. The first-order valence-electron chi connectivity index (χ1n) is 18.8. The highest BCUT2D eigenvalue weighted by Gasteiger charge is 2.51. The predicted molar refractivity (Wildman–Crippen MR) is 213 cm³/mol. The maximum Gasteiger partial charge on any atom is 0.330 e. The third kappa shape index (κ3) is 7.83. The molecule has 6 atom stereocenters. The second kappa shape index (κ2) is 16.7. The molecule has 1 N–H and O–H groups in total. The summed E-state index contributed by atoms with van der Waals surface area (Å²) in [4.78, 5) is 29.0. The average molecular weight is 814 g/mol. The van der Waals surface area contributed by atoms with E-state index in [2.05, 4.69) is 9.65 Å². The van der Waals surface area contributed by atoms with Crippen LogP contribution in [-0.2, 0) is 34.0 Å². The molecule has 5 aromatic rings.